The minimum atomic E-state index is -0.506. The van der Waals surface area contributed by atoms with E-state index in [2.05, 4.69) is 15.6 Å². The lowest BCUT2D eigenvalue weighted by molar-refractivity contribution is 0.00627. The molecule has 0 bridgehead atoms. The van der Waals surface area contributed by atoms with Crippen molar-refractivity contribution in [2.45, 2.75) is 51.8 Å². The maximum Gasteiger partial charge on any atom is 0.361 e. The fourth-order valence-electron chi connectivity index (χ4n) is 1.95. The van der Waals surface area contributed by atoms with Gasteiger partial charge in [0.15, 0.2) is 5.69 Å². The Hall–Kier alpha value is -1.43. The Bertz CT molecular complexity index is 416. The second-order valence-corrected chi connectivity index (χ2v) is 5.62. The molecule has 0 aliphatic carbocycles. The van der Waals surface area contributed by atoms with Crippen LogP contribution in [0.5, 0.6) is 0 Å². The van der Waals surface area contributed by atoms with Gasteiger partial charge in [-0.25, -0.2) is 4.79 Å². The predicted molar refractivity (Wildman–Crippen MR) is 66.2 cm³/mol. The van der Waals surface area contributed by atoms with Gasteiger partial charge in [-0.3, -0.25) is 4.68 Å². The molecule has 1 aliphatic rings. The highest BCUT2D eigenvalue weighted by Gasteiger charge is 2.21. The summed E-state index contributed by atoms with van der Waals surface area (Å²) >= 11 is 0. The molecule has 1 aliphatic heterocycles. The van der Waals surface area contributed by atoms with Gasteiger partial charge in [-0.05, 0) is 40.2 Å². The van der Waals surface area contributed by atoms with Crippen LogP contribution in [-0.4, -0.2) is 39.2 Å². The SMILES string of the molecule is CC(C)(C)OC(=O)c1cn(CC2CCCN2)nn1. The normalized spacial score (nSPS) is 20.1. The van der Waals surface area contributed by atoms with Crippen LogP contribution in [0.15, 0.2) is 6.20 Å². The van der Waals surface area contributed by atoms with Crippen molar-refractivity contribution in [1.82, 2.24) is 20.3 Å². The third-order valence-corrected chi connectivity index (χ3v) is 2.72. The van der Waals surface area contributed by atoms with Crippen molar-refractivity contribution in [2.24, 2.45) is 0 Å². The highest BCUT2D eigenvalue weighted by atomic mass is 16.6. The second-order valence-electron chi connectivity index (χ2n) is 5.62. The van der Waals surface area contributed by atoms with Gasteiger partial charge in [0, 0.05) is 6.04 Å². The maximum atomic E-state index is 11.8. The highest BCUT2D eigenvalue weighted by Crippen LogP contribution is 2.11. The molecule has 1 aromatic rings. The zero-order chi connectivity index (χ0) is 13.2. The minimum absolute atomic E-state index is 0.267. The van der Waals surface area contributed by atoms with Crippen LogP contribution in [0, 0.1) is 0 Å². The number of aromatic nitrogens is 3. The summed E-state index contributed by atoms with van der Waals surface area (Å²) in [5, 5.41) is 11.2. The number of carbonyl (C=O) groups is 1. The average Bonchev–Trinajstić information content (AvgIpc) is 2.86. The van der Waals surface area contributed by atoms with E-state index in [0.717, 1.165) is 19.5 Å². The van der Waals surface area contributed by atoms with E-state index in [1.165, 1.54) is 6.42 Å². The van der Waals surface area contributed by atoms with Gasteiger partial charge in [0.1, 0.15) is 5.60 Å². The van der Waals surface area contributed by atoms with Crippen LogP contribution in [0.1, 0.15) is 44.1 Å². The molecule has 0 spiro atoms. The zero-order valence-electron chi connectivity index (χ0n) is 11.1. The molecule has 1 aromatic heterocycles. The molecule has 1 fully saturated rings. The summed E-state index contributed by atoms with van der Waals surface area (Å²) < 4.78 is 6.93. The number of hydrogen-bond donors (Lipinski definition) is 1. The quantitative estimate of drug-likeness (QED) is 0.812. The minimum Gasteiger partial charge on any atom is -0.455 e. The monoisotopic (exact) mass is 252 g/mol. The van der Waals surface area contributed by atoms with Gasteiger partial charge in [-0.15, -0.1) is 5.10 Å². The molecule has 0 saturated carbocycles. The first-order valence-corrected chi connectivity index (χ1v) is 6.31. The van der Waals surface area contributed by atoms with Crippen molar-refractivity contribution in [3.05, 3.63) is 11.9 Å². The van der Waals surface area contributed by atoms with Crippen molar-refractivity contribution >= 4 is 5.97 Å². The standard InChI is InChI=1S/C12H20N4O2/c1-12(2,3)18-11(17)10-8-16(15-14-10)7-9-5-4-6-13-9/h8-9,13H,4-7H2,1-3H3. The summed E-state index contributed by atoms with van der Waals surface area (Å²) in [5.74, 6) is -0.423. The Morgan fingerprint density at radius 3 is 3.00 bits per heavy atom. The number of ether oxygens (including phenoxy) is 1. The summed E-state index contributed by atoms with van der Waals surface area (Å²) in [4.78, 5) is 11.8. The van der Waals surface area contributed by atoms with Crippen LogP contribution in [0.4, 0.5) is 0 Å². The molecule has 0 radical (unpaired) electrons. The number of carbonyl (C=O) groups excluding carboxylic acids is 1. The van der Waals surface area contributed by atoms with E-state index in [1.807, 2.05) is 20.8 Å². The fraction of sp³-hybridized carbons (Fsp3) is 0.750. The van der Waals surface area contributed by atoms with Gasteiger partial charge in [-0.1, -0.05) is 5.21 Å². The molecule has 1 unspecified atom stereocenters. The molecule has 0 aromatic carbocycles. The number of nitrogens with zero attached hydrogens (tertiary/aromatic N) is 3. The van der Waals surface area contributed by atoms with E-state index in [9.17, 15) is 4.79 Å². The molecule has 6 heteroatoms. The molecule has 1 saturated heterocycles. The number of rotatable bonds is 3. The van der Waals surface area contributed by atoms with E-state index in [0.29, 0.717) is 6.04 Å². The molecule has 2 heterocycles. The number of hydrogen-bond acceptors (Lipinski definition) is 5. The van der Waals surface area contributed by atoms with E-state index in [1.54, 1.807) is 10.9 Å². The summed E-state index contributed by atoms with van der Waals surface area (Å²) in [5.41, 5.74) is -0.239. The van der Waals surface area contributed by atoms with Crippen LogP contribution < -0.4 is 5.32 Å². The summed E-state index contributed by atoms with van der Waals surface area (Å²) in [7, 11) is 0. The highest BCUT2D eigenvalue weighted by molar-refractivity contribution is 5.86. The van der Waals surface area contributed by atoms with Gasteiger partial charge in [0.25, 0.3) is 0 Å². The van der Waals surface area contributed by atoms with Crippen molar-refractivity contribution in [1.29, 1.82) is 0 Å². The zero-order valence-corrected chi connectivity index (χ0v) is 11.1. The number of nitrogens with one attached hydrogen (secondary N) is 1. The maximum absolute atomic E-state index is 11.8. The van der Waals surface area contributed by atoms with Gasteiger partial charge in [0.2, 0.25) is 0 Å². The lowest BCUT2D eigenvalue weighted by atomic mass is 10.2. The first kappa shape index (κ1) is 13.0. The van der Waals surface area contributed by atoms with Gasteiger partial charge < -0.3 is 10.1 Å². The van der Waals surface area contributed by atoms with E-state index in [-0.39, 0.29) is 5.69 Å². The average molecular weight is 252 g/mol. The smallest absolute Gasteiger partial charge is 0.361 e. The lowest BCUT2D eigenvalue weighted by Crippen LogP contribution is -2.27. The Kier molecular flexibility index (Phi) is 3.65. The molecule has 0 amide bonds. The largest absolute Gasteiger partial charge is 0.455 e. The van der Waals surface area contributed by atoms with Crippen molar-refractivity contribution < 1.29 is 9.53 Å². The predicted octanol–water partition coefficient (Wildman–Crippen LogP) is 0.985. The molecule has 18 heavy (non-hydrogen) atoms. The van der Waals surface area contributed by atoms with E-state index < -0.39 is 11.6 Å². The van der Waals surface area contributed by atoms with Crippen LogP contribution >= 0.6 is 0 Å². The van der Waals surface area contributed by atoms with Crippen LogP contribution in [0.25, 0.3) is 0 Å². The fourth-order valence-corrected chi connectivity index (χ4v) is 1.95. The van der Waals surface area contributed by atoms with Crippen LogP contribution in [0.2, 0.25) is 0 Å². The number of esters is 1. The lowest BCUT2D eigenvalue weighted by Gasteiger charge is -2.18. The summed E-state index contributed by atoms with van der Waals surface area (Å²) in [6.07, 6.45) is 3.98. The summed E-state index contributed by atoms with van der Waals surface area (Å²) in [6.45, 7) is 7.29. The third kappa shape index (κ3) is 3.53. The van der Waals surface area contributed by atoms with Crippen LogP contribution in [-0.2, 0) is 11.3 Å². The van der Waals surface area contributed by atoms with Crippen molar-refractivity contribution in [2.75, 3.05) is 6.54 Å². The van der Waals surface area contributed by atoms with Crippen LogP contribution in [0.3, 0.4) is 0 Å². The Morgan fingerprint density at radius 2 is 2.39 bits per heavy atom. The molecule has 1 atom stereocenters. The third-order valence-electron chi connectivity index (χ3n) is 2.72. The molecular weight excluding hydrogens is 232 g/mol. The molecular formula is C12H20N4O2. The first-order valence-electron chi connectivity index (χ1n) is 6.31. The molecule has 100 valence electrons. The summed E-state index contributed by atoms with van der Waals surface area (Å²) in [6, 6.07) is 0.429. The van der Waals surface area contributed by atoms with Gasteiger partial charge in [0.05, 0.1) is 12.7 Å². The molecule has 2 rings (SSSR count). The second kappa shape index (κ2) is 5.06. The first-order chi connectivity index (χ1) is 8.44. The molecule has 6 nitrogen and oxygen atoms in total. The van der Waals surface area contributed by atoms with Crippen molar-refractivity contribution in [3.8, 4) is 0 Å². The van der Waals surface area contributed by atoms with Gasteiger partial charge in [-0.2, -0.15) is 0 Å². The Morgan fingerprint density at radius 1 is 1.61 bits per heavy atom. The van der Waals surface area contributed by atoms with E-state index >= 15 is 0 Å². The Balaban J connectivity index is 1.94. The Labute approximate surface area is 107 Å². The molecule has 1 N–H and O–H groups in total. The van der Waals surface area contributed by atoms with Crippen molar-refractivity contribution in [3.63, 3.8) is 0 Å². The van der Waals surface area contributed by atoms with Gasteiger partial charge >= 0.3 is 5.97 Å². The van der Waals surface area contributed by atoms with E-state index in [4.69, 9.17) is 4.74 Å². The topological polar surface area (TPSA) is 69.0 Å².